The Morgan fingerprint density at radius 1 is 1.45 bits per heavy atom. The quantitative estimate of drug-likeness (QED) is 0.439. The summed E-state index contributed by atoms with van der Waals surface area (Å²) in [5.41, 5.74) is 5.53. The van der Waals surface area contributed by atoms with Gasteiger partial charge >= 0.3 is 18.1 Å². The van der Waals surface area contributed by atoms with Crippen LogP contribution in [0.3, 0.4) is 0 Å². The van der Waals surface area contributed by atoms with E-state index in [1.54, 1.807) is 0 Å². The summed E-state index contributed by atoms with van der Waals surface area (Å²) in [6, 6.07) is -1.22. The lowest BCUT2D eigenvalue weighted by atomic mass is 10.2. The zero-order chi connectivity index (χ0) is 17.7. The predicted octanol–water partition coefficient (Wildman–Crippen LogP) is -0.00913. The van der Waals surface area contributed by atoms with Gasteiger partial charge < -0.3 is 21.3 Å². The summed E-state index contributed by atoms with van der Waals surface area (Å²) >= 11 is 5.35. The van der Waals surface area contributed by atoms with Crippen molar-refractivity contribution in [3.63, 3.8) is 0 Å². The highest BCUT2D eigenvalue weighted by molar-refractivity contribution is 7.90. The van der Waals surface area contributed by atoms with Crippen molar-refractivity contribution in [3.8, 4) is 0 Å². The van der Waals surface area contributed by atoms with Gasteiger partial charge in [0.25, 0.3) is 0 Å². The zero-order valence-corrected chi connectivity index (χ0v) is 12.1. The van der Waals surface area contributed by atoms with E-state index in [-0.39, 0.29) is 17.4 Å². The van der Waals surface area contributed by atoms with Gasteiger partial charge in [-0.3, -0.25) is 14.4 Å². The average molecular weight is 366 g/mol. The number of nitrogens with two attached hydrogens (primary N) is 1. The number of alkyl halides is 4. The average Bonchev–Trinajstić information content (AvgIpc) is 2.78. The van der Waals surface area contributed by atoms with Gasteiger partial charge in [0.05, 0.1) is 5.88 Å². The van der Waals surface area contributed by atoms with Gasteiger partial charge in [0.15, 0.2) is 5.78 Å². The van der Waals surface area contributed by atoms with Crippen LogP contribution in [0.2, 0.25) is 0 Å². The summed E-state index contributed by atoms with van der Waals surface area (Å²) in [5.74, 6) is -4.50. The van der Waals surface area contributed by atoms with Crippen molar-refractivity contribution < 1.29 is 37.8 Å². The molecular weight excluding hydrogens is 355 g/mol. The summed E-state index contributed by atoms with van der Waals surface area (Å²) in [7, 11) is -1.11. The first-order valence-corrected chi connectivity index (χ1v) is 7.09. The normalized spacial score (nSPS) is 21.8. The van der Waals surface area contributed by atoms with Crippen LogP contribution in [0.4, 0.5) is 13.2 Å². The molecule has 1 aliphatic rings. The molecule has 1 rings (SSSR count). The maximum atomic E-state index is 11.2. The topological polar surface area (TPSA) is 154 Å². The predicted molar refractivity (Wildman–Crippen MR) is 70.1 cm³/mol. The first-order chi connectivity index (χ1) is 9.91. The summed E-state index contributed by atoms with van der Waals surface area (Å²) < 4.78 is 39.3. The smallest absolute Gasteiger partial charge is 0.480 e. The molecule has 8 nitrogen and oxygen atoms in total. The molecule has 0 fully saturated rings. The van der Waals surface area contributed by atoms with Crippen LogP contribution in [0.1, 0.15) is 0 Å². The molecule has 0 amide bonds. The van der Waals surface area contributed by atoms with E-state index in [4.69, 9.17) is 37.1 Å². The molecule has 3 atom stereocenters. The molecule has 1 heterocycles. The van der Waals surface area contributed by atoms with Gasteiger partial charge in [0.1, 0.15) is 11.4 Å². The molecule has 0 spiro atoms. The van der Waals surface area contributed by atoms with E-state index in [2.05, 4.69) is 5.32 Å². The van der Waals surface area contributed by atoms with Gasteiger partial charge in [-0.05, 0) is 10.7 Å². The minimum absolute atomic E-state index is 0.198. The first-order valence-electron chi connectivity index (χ1n) is 5.20. The van der Waals surface area contributed by atoms with Gasteiger partial charge in [-0.25, -0.2) is 4.79 Å². The Balaban J connectivity index is 0.000000534. The number of carboxylic acids is 2. The SMILES string of the molecule is N=S1C=C(C(N)C(=O)O)NC1C(=O)CCl.O=C(O)C(F)(F)F. The number of ketones is 1. The van der Waals surface area contributed by atoms with Crippen molar-refractivity contribution in [1.29, 1.82) is 4.78 Å². The third-order valence-corrected chi connectivity index (χ3v) is 3.73. The number of hydrogen-bond acceptors (Lipinski definition) is 6. The summed E-state index contributed by atoms with van der Waals surface area (Å²) in [4.78, 5) is 30.7. The van der Waals surface area contributed by atoms with E-state index in [0.29, 0.717) is 0 Å². The molecule has 22 heavy (non-hydrogen) atoms. The molecule has 13 heteroatoms. The van der Waals surface area contributed by atoms with Crippen LogP contribution < -0.4 is 11.1 Å². The number of Topliss-reactive ketones (excluding diaryl/α,β-unsaturated/α-hetero) is 1. The van der Waals surface area contributed by atoms with Crippen LogP contribution in [-0.2, 0) is 25.1 Å². The summed E-state index contributed by atoms with van der Waals surface area (Å²) in [6.45, 7) is 0. The molecule has 1 aliphatic heterocycles. The number of aliphatic carboxylic acids is 2. The van der Waals surface area contributed by atoms with Gasteiger partial charge in [-0.15, -0.1) is 11.6 Å². The highest BCUT2D eigenvalue weighted by Gasteiger charge is 2.38. The van der Waals surface area contributed by atoms with E-state index >= 15 is 0 Å². The highest BCUT2D eigenvalue weighted by atomic mass is 35.5. The van der Waals surface area contributed by atoms with Crippen LogP contribution in [0, 0.1) is 4.78 Å². The maximum Gasteiger partial charge on any atom is 0.490 e. The Labute approximate surface area is 129 Å². The fourth-order valence-electron chi connectivity index (χ4n) is 1.04. The second-order valence-electron chi connectivity index (χ2n) is 3.69. The van der Waals surface area contributed by atoms with E-state index in [1.165, 1.54) is 5.41 Å². The van der Waals surface area contributed by atoms with Crippen molar-refractivity contribution in [1.82, 2.24) is 5.32 Å². The fraction of sp³-hybridized carbons (Fsp3) is 0.444. The van der Waals surface area contributed by atoms with Crippen molar-refractivity contribution in [3.05, 3.63) is 11.1 Å². The van der Waals surface area contributed by atoms with Crippen LogP contribution >= 0.6 is 11.6 Å². The summed E-state index contributed by atoms with van der Waals surface area (Å²) in [6.07, 6.45) is -5.08. The zero-order valence-electron chi connectivity index (χ0n) is 10.6. The van der Waals surface area contributed by atoms with E-state index < -0.39 is 40.2 Å². The fourth-order valence-corrected chi connectivity index (χ4v) is 2.54. The molecule has 126 valence electrons. The lowest BCUT2D eigenvalue weighted by Gasteiger charge is -2.13. The van der Waals surface area contributed by atoms with E-state index in [9.17, 15) is 22.8 Å². The Morgan fingerprint density at radius 3 is 2.23 bits per heavy atom. The number of nitrogens with one attached hydrogen (secondary N) is 2. The molecule has 6 N–H and O–H groups in total. The second kappa shape index (κ2) is 8.10. The molecule has 0 aromatic carbocycles. The lowest BCUT2D eigenvalue weighted by Crippen LogP contribution is -2.42. The Morgan fingerprint density at radius 2 is 1.91 bits per heavy atom. The maximum absolute atomic E-state index is 11.2. The number of hydrogen-bond donors (Lipinski definition) is 5. The lowest BCUT2D eigenvalue weighted by molar-refractivity contribution is -0.192. The molecule has 0 bridgehead atoms. The van der Waals surface area contributed by atoms with E-state index in [0.717, 1.165) is 0 Å². The third kappa shape index (κ3) is 5.99. The minimum atomic E-state index is -5.08. The molecule has 0 aromatic rings. The Hall–Kier alpha value is -1.66. The number of carbonyl (C=O) groups excluding carboxylic acids is 1. The van der Waals surface area contributed by atoms with Gasteiger partial charge in [-0.1, -0.05) is 0 Å². The number of carbonyl (C=O) groups is 3. The molecule has 3 unspecified atom stereocenters. The third-order valence-electron chi connectivity index (χ3n) is 2.07. The molecule has 0 aliphatic carbocycles. The van der Waals surface area contributed by atoms with Crippen LogP contribution in [0.5, 0.6) is 0 Å². The molecule has 0 aromatic heterocycles. The van der Waals surface area contributed by atoms with Crippen LogP contribution in [-0.4, -0.2) is 51.4 Å². The Bertz CT molecular complexity index is 525. The molecular formula is C9H11ClF3N3O5S. The minimum Gasteiger partial charge on any atom is -0.480 e. The van der Waals surface area contributed by atoms with Gasteiger partial charge in [0, 0.05) is 11.1 Å². The highest BCUT2D eigenvalue weighted by Crippen LogP contribution is 2.14. The van der Waals surface area contributed by atoms with Crippen molar-refractivity contribution in [2.24, 2.45) is 5.73 Å². The largest absolute Gasteiger partial charge is 0.490 e. The Kier molecular flexibility index (Phi) is 7.49. The number of rotatable bonds is 4. The van der Waals surface area contributed by atoms with Crippen molar-refractivity contribution >= 4 is 40.0 Å². The van der Waals surface area contributed by atoms with Crippen molar-refractivity contribution in [2.75, 3.05) is 5.88 Å². The van der Waals surface area contributed by atoms with Crippen molar-refractivity contribution in [2.45, 2.75) is 17.6 Å². The van der Waals surface area contributed by atoms with Crippen LogP contribution in [0.15, 0.2) is 11.1 Å². The van der Waals surface area contributed by atoms with E-state index in [1.807, 2.05) is 0 Å². The monoisotopic (exact) mass is 365 g/mol. The number of halogens is 4. The van der Waals surface area contributed by atoms with Gasteiger partial charge in [0.2, 0.25) is 0 Å². The first kappa shape index (κ1) is 20.3. The second-order valence-corrected chi connectivity index (χ2v) is 5.41. The summed E-state index contributed by atoms with van der Waals surface area (Å²) in [5, 5.41) is 19.0. The number of carboxylic acid groups (broad SMARTS) is 2. The van der Waals surface area contributed by atoms with Gasteiger partial charge in [-0.2, -0.15) is 13.2 Å². The molecule has 0 radical (unpaired) electrons. The van der Waals surface area contributed by atoms with Crippen LogP contribution in [0.25, 0.3) is 0 Å². The standard InChI is InChI=1S/C7H10ClN3O3S.C2HF3O2/c8-1-4(12)6-11-3(2-15(6)10)5(9)7(13)14;3-2(4,5)1(6)7/h2,5-6,10-11H,1,9H2,(H,13,14);(H,6,7). The molecule has 0 saturated carbocycles. The molecule has 0 saturated heterocycles.